The number of carbonyl (C=O) groups is 3. The summed E-state index contributed by atoms with van der Waals surface area (Å²) in [5, 5.41) is 5.52. The van der Waals surface area contributed by atoms with E-state index in [9.17, 15) is 14.4 Å². The van der Waals surface area contributed by atoms with E-state index in [2.05, 4.69) is 15.4 Å². The van der Waals surface area contributed by atoms with Crippen molar-refractivity contribution in [3.8, 4) is 0 Å². The molecule has 0 saturated carbocycles. The molecule has 0 fully saturated rings. The van der Waals surface area contributed by atoms with E-state index < -0.39 is 24.2 Å². The van der Waals surface area contributed by atoms with Gasteiger partial charge in [-0.25, -0.2) is 4.79 Å². The van der Waals surface area contributed by atoms with Crippen molar-refractivity contribution in [2.45, 2.75) is 6.42 Å². The maximum Gasteiger partial charge on any atom is 0.339 e. The number of ether oxygens (including phenoxy) is 1. The normalized spacial score (nSPS) is 10.0. The molecule has 0 atom stereocenters. The summed E-state index contributed by atoms with van der Waals surface area (Å²) in [7, 11) is 1.24. The van der Waals surface area contributed by atoms with Gasteiger partial charge in [0.15, 0.2) is 0 Å². The Labute approximate surface area is 154 Å². The number of halogens is 2. The van der Waals surface area contributed by atoms with Crippen molar-refractivity contribution < 1.29 is 19.1 Å². The van der Waals surface area contributed by atoms with E-state index in [0.717, 1.165) is 0 Å². The van der Waals surface area contributed by atoms with Crippen molar-refractivity contribution in [1.29, 1.82) is 0 Å². The quantitative estimate of drug-likeness (QED) is 0.610. The van der Waals surface area contributed by atoms with Crippen molar-refractivity contribution in [3.05, 3.63) is 58.1 Å². The first kappa shape index (κ1) is 18.8. The van der Waals surface area contributed by atoms with E-state index in [1.54, 1.807) is 30.3 Å². The third-order valence-corrected chi connectivity index (χ3v) is 3.78. The van der Waals surface area contributed by atoms with Crippen LogP contribution in [0.2, 0.25) is 10.0 Å². The van der Waals surface area contributed by atoms with Crippen LogP contribution in [0.25, 0.3) is 0 Å². The first-order valence-electron chi connectivity index (χ1n) is 7.13. The average molecular weight is 381 g/mol. The lowest BCUT2D eigenvalue weighted by molar-refractivity contribution is -0.123. The zero-order chi connectivity index (χ0) is 18.4. The Morgan fingerprint density at radius 2 is 1.52 bits per heavy atom. The lowest BCUT2D eigenvalue weighted by Crippen LogP contribution is -2.22. The minimum absolute atomic E-state index is 0.188. The van der Waals surface area contributed by atoms with Crippen LogP contribution in [0.3, 0.4) is 0 Å². The molecule has 0 bridgehead atoms. The van der Waals surface area contributed by atoms with E-state index >= 15 is 0 Å². The highest BCUT2D eigenvalue weighted by Gasteiger charge is 2.16. The van der Waals surface area contributed by atoms with Gasteiger partial charge in [0, 0.05) is 0 Å². The first-order chi connectivity index (χ1) is 11.9. The minimum Gasteiger partial charge on any atom is -0.465 e. The van der Waals surface area contributed by atoms with Gasteiger partial charge in [0.1, 0.15) is 6.42 Å². The SMILES string of the molecule is COC(=O)c1ccccc1NC(=O)CC(=O)Nc1c(Cl)cccc1Cl. The first-order valence-corrected chi connectivity index (χ1v) is 7.89. The monoisotopic (exact) mass is 380 g/mol. The molecule has 6 nitrogen and oxygen atoms in total. The molecule has 0 aliphatic rings. The molecule has 0 radical (unpaired) electrons. The minimum atomic E-state index is -0.600. The Morgan fingerprint density at radius 3 is 2.16 bits per heavy atom. The van der Waals surface area contributed by atoms with Gasteiger partial charge in [0.05, 0.1) is 34.1 Å². The summed E-state index contributed by atoms with van der Waals surface area (Å²) in [6.07, 6.45) is -0.475. The molecule has 0 saturated heterocycles. The molecule has 0 aliphatic carbocycles. The molecule has 130 valence electrons. The van der Waals surface area contributed by atoms with Crippen LogP contribution < -0.4 is 10.6 Å². The van der Waals surface area contributed by atoms with Crippen LogP contribution in [0.4, 0.5) is 11.4 Å². The molecule has 0 spiro atoms. The number of hydrogen-bond acceptors (Lipinski definition) is 4. The van der Waals surface area contributed by atoms with Crippen LogP contribution in [0.5, 0.6) is 0 Å². The van der Waals surface area contributed by atoms with Gasteiger partial charge in [0.2, 0.25) is 11.8 Å². The average Bonchev–Trinajstić information content (AvgIpc) is 2.58. The second-order valence-corrected chi connectivity index (χ2v) is 5.72. The highest BCUT2D eigenvalue weighted by molar-refractivity contribution is 6.39. The van der Waals surface area contributed by atoms with Gasteiger partial charge in [-0.05, 0) is 24.3 Å². The summed E-state index contributed by atoms with van der Waals surface area (Å²) in [6.45, 7) is 0. The molecule has 2 aromatic rings. The summed E-state index contributed by atoms with van der Waals surface area (Å²) < 4.78 is 4.65. The number of carbonyl (C=O) groups excluding carboxylic acids is 3. The van der Waals surface area contributed by atoms with E-state index in [1.165, 1.54) is 19.2 Å². The second kappa shape index (κ2) is 8.50. The lowest BCUT2D eigenvalue weighted by atomic mass is 10.1. The summed E-state index contributed by atoms with van der Waals surface area (Å²) in [5.74, 6) is -1.79. The van der Waals surface area contributed by atoms with Crippen molar-refractivity contribution in [2.75, 3.05) is 17.7 Å². The second-order valence-electron chi connectivity index (χ2n) is 4.91. The largest absolute Gasteiger partial charge is 0.465 e. The number of anilines is 2. The number of para-hydroxylation sites is 2. The van der Waals surface area contributed by atoms with Crippen LogP contribution in [-0.2, 0) is 14.3 Å². The van der Waals surface area contributed by atoms with Gasteiger partial charge in [-0.3, -0.25) is 9.59 Å². The fraction of sp³-hybridized carbons (Fsp3) is 0.118. The lowest BCUT2D eigenvalue weighted by Gasteiger charge is -2.11. The van der Waals surface area contributed by atoms with Crippen molar-refractivity contribution in [2.24, 2.45) is 0 Å². The predicted molar refractivity (Wildman–Crippen MR) is 96.1 cm³/mol. The van der Waals surface area contributed by atoms with Gasteiger partial charge in [-0.15, -0.1) is 0 Å². The number of benzene rings is 2. The number of amides is 2. The van der Waals surface area contributed by atoms with Crippen molar-refractivity contribution in [1.82, 2.24) is 0 Å². The van der Waals surface area contributed by atoms with Crippen molar-refractivity contribution >= 4 is 52.4 Å². The fourth-order valence-corrected chi connectivity index (χ4v) is 2.51. The molecule has 2 N–H and O–H groups in total. The smallest absolute Gasteiger partial charge is 0.339 e. The highest BCUT2D eigenvalue weighted by atomic mass is 35.5. The number of esters is 1. The number of rotatable bonds is 5. The van der Waals surface area contributed by atoms with Crippen LogP contribution in [0, 0.1) is 0 Å². The molecule has 0 aromatic heterocycles. The molecule has 8 heteroatoms. The molecular formula is C17H14Cl2N2O4. The fourth-order valence-electron chi connectivity index (χ4n) is 2.02. The topological polar surface area (TPSA) is 84.5 Å². The van der Waals surface area contributed by atoms with Crippen molar-refractivity contribution in [3.63, 3.8) is 0 Å². The van der Waals surface area contributed by atoms with Crippen LogP contribution in [0.1, 0.15) is 16.8 Å². The van der Waals surface area contributed by atoms with E-state index in [1.807, 2.05) is 0 Å². The molecule has 25 heavy (non-hydrogen) atoms. The summed E-state index contributed by atoms with van der Waals surface area (Å²) >= 11 is 11.9. The summed E-state index contributed by atoms with van der Waals surface area (Å²) in [4.78, 5) is 35.7. The van der Waals surface area contributed by atoms with E-state index in [-0.39, 0.29) is 27.0 Å². The van der Waals surface area contributed by atoms with Crippen LogP contribution in [0.15, 0.2) is 42.5 Å². The Kier molecular flexibility index (Phi) is 6.38. The molecule has 0 unspecified atom stereocenters. The molecule has 0 aliphatic heterocycles. The maximum atomic E-state index is 12.1. The van der Waals surface area contributed by atoms with Gasteiger partial charge in [-0.2, -0.15) is 0 Å². The van der Waals surface area contributed by atoms with E-state index in [4.69, 9.17) is 23.2 Å². The van der Waals surface area contributed by atoms with Gasteiger partial charge >= 0.3 is 5.97 Å². The summed E-state index contributed by atoms with van der Waals surface area (Å²) in [5.41, 5.74) is 0.675. The van der Waals surface area contributed by atoms with Gasteiger partial charge < -0.3 is 15.4 Å². The number of methoxy groups -OCH3 is 1. The molecule has 2 aromatic carbocycles. The van der Waals surface area contributed by atoms with Gasteiger partial charge in [0.25, 0.3) is 0 Å². The zero-order valence-corrected chi connectivity index (χ0v) is 14.6. The third-order valence-electron chi connectivity index (χ3n) is 3.15. The molecule has 2 rings (SSSR count). The Bertz CT molecular complexity index is 804. The Hall–Kier alpha value is -2.57. The number of hydrogen-bond donors (Lipinski definition) is 2. The molecule has 0 heterocycles. The van der Waals surface area contributed by atoms with Gasteiger partial charge in [-0.1, -0.05) is 41.4 Å². The molecule has 2 amide bonds. The molecular weight excluding hydrogens is 367 g/mol. The predicted octanol–water partition coefficient (Wildman–Crippen LogP) is 3.75. The van der Waals surface area contributed by atoms with Crippen LogP contribution >= 0.6 is 23.2 Å². The van der Waals surface area contributed by atoms with E-state index in [0.29, 0.717) is 0 Å². The third kappa shape index (κ3) is 4.95. The Morgan fingerprint density at radius 1 is 0.920 bits per heavy atom. The van der Waals surface area contributed by atoms with Crippen LogP contribution in [-0.4, -0.2) is 24.9 Å². The maximum absolute atomic E-state index is 12.1. The number of nitrogens with one attached hydrogen (secondary N) is 2. The summed E-state index contributed by atoms with van der Waals surface area (Å²) in [6, 6.07) is 11.1. The highest BCUT2D eigenvalue weighted by Crippen LogP contribution is 2.29. The standard InChI is InChI=1S/C17H14Cl2N2O4/c1-25-17(24)10-5-2-3-8-13(10)20-14(22)9-15(23)21-16-11(18)6-4-7-12(16)19/h2-8H,9H2,1H3,(H,20,22)(H,21,23). The Balaban J connectivity index is 2.04. The zero-order valence-electron chi connectivity index (χ0n) is 13.1.